The summed E-state index contributed by atoms with van der Waals surface area (Å²) in [6, 6.07) is 16.8. The standard InChI is InChI=1S/C25H18Cl3FN2O2/c1-3-33-25(32)22-23(15-8-10-20(29)19(28)12-15)31(21-13-18(27)9-7-14(21)2)24(30-22)16-5-4-6-17(26)11-16/h4-13H,3H2,1-2H3. The van der Waals surface area contributed by atoms with Crippen LogP contribution in [-0.2, 0) is 4.74 Å². The molecule has 0 aliphatic rings. The normalized spacial score (nSPS) is 11.0. The second-order valence-electron chi connectivity index (χ2n) is 7.26. The van der Waals surface area contributed by atoms with Crippen LogP contribution in [-0.4, -0.2) is 22.1 Å². The third-order valence-electron chi connectivity index (χ3n) is 5.03. The van der Waals surface area contributed by atoms with Gasteiger partial charge in [-0.1, -0.05) is 53.0 Å². The van der Waals surface area contributed by atoms with Gasteiger partial charge in [0.05, 0.1) is 23.0 Å². The monoisotopic (exact) mass is 502 g/mol. The van der Waals surface area contributed by atoms with E-state index >= 15 is 0 Å². The van der Waals surface area contributed by atoms with Gasteiger partial charge in [0.15, 0.2) is 5.69 Å². The van der Waals surface area contributed by atoms with Crippen LogP contribution in [0.15, 0.2) is 60.7 Å². The number of nitrogens with zero attached hydrogens (tertiary/aromatic N) is 2. The van der Waals surface area contributed by atoms with Crippen LogP contribution in [0.4, 0.5) is 4.39 Å². The fraction of sp³-hybridized carbons (Fsp3) is 0.120. The highest BCUT2D eigenvalue weighted by atomic mass is 35.5. The summed E-state index contributed by atoms with van der Waals surface area (Å²) in [5.41, 5.74) is 3.20. The van der Waals surface area contributed by atoms with Crippen molar-refractivity contribution in [3.05, 3.63) is 92.8 Å². The molecule has 0 saturated heterocycles. The Labute approximate surface area is 205 Å². The van der Waals surface area contributed by atoms with Crippen molar-refractivity contribution >= 4 is 40.8 Å². The summed E-state index contributed by atoms with van der Waals surface area (Å²) < 4.78 is 21.1. The van der Waals surface area contributed by atoms with Gasteiger partial charge in [-0.15, -0.1) is 0 Å². The van der Waals surface area contributed by atoms with Gasteiger partial charge in [-0.25, -0.2) is 14.2 Å². The van der Waals surface area contributed by atoms with Gasteiger partial charge in [-0.2, -0.15) is 0 Å². The Hall–Kier alpha value is -2.86. The summed E-state index contributed by atoms with van der Waals surface area (Å²) in [5, 5.41) is 0.929. The number of carbonyl (C=O) groups is 1. The zero-order valence-electron chi connectivity index (χ0n) is 17.7. The molecule has 1 heterocycles. The summed E-state index contributed by atoms with van der Waals surface area (Å²) >= 11 is 18.7. The Morgan fingerprint density at radius 3 is 2.45 bits per heavy atom. The molecule has 0 atom stereocenters. The average molecular weight is 504 g/mol. The fourth-order valence-corrected chi connectivity index (χ4v) is 4.09. The number of aromatic nitrogens is 2. The highest BCUT2D eigenvalue weighted by Crippen LogP contribution is 2.37. The van der Waals surface area contributed by atoms with E-state index in [0.717, 1.165) is 5.56 Å². The molecule has 168 valence electrons. The summed E-state index contributed by atoms with van der Waals surface area (Å²) in [6.07, 6.45) is 0. The molecular formula is C25H18Cl3FN2O2. The number of esters is 1. The molecule has 0 fully saturated rings. The Morgan fingerprint density at radius 1 is 1.00 bits per heavy atom. The number of imidazole rings is 1. The van der Waals surface area contributed by atoms with Gasteiger partial charge in [-0.05, 0) is 61.9 Å². The Bertz CT molecular complexity index is 1370. The van der Waals surface area contributed by atoms with Gasteiger partial charge >= 0.3 is 5.97 Å². The Balaban J connectivity index is 2.14. The van der Waals surface area contributed by atoms with Crippen molar-refractivity contribution < 1.29 is 13.9 Å². The van der Waals surface area contributed by atoms with E-state index in [1.54, 1.807) is 47.9 Å². The molecule has 0 aliphatic carbocycles. The zero-order valence-corrected chi connectivity index (χ0v) is 20.0. The summed E-state index contributed by atoms with van der Waals surface area (Å²) in [7, 11) is 0. The molecule has 4 rings (SSSR count). The van der Waals surface area contributed by atoms with Crippen LogP contribution < -0.4 is 0 Å². The number of halogens is 4. The molecular weight excluding hydrogens is 486 g/mol. The van der Waals surface area contributed by atoms with Gasteiger partial charge < -0.3 is 4.74 Å². The molecule has 0 aliphatic heterocycles. The largest absolute Gasteiger partial charge is 0.461 e. The molecule has 0 amide bonds. The Morgan fingerprint density at radius 2 is 1.76 bits per heavy atom. The SMILES string of the molecule is CCOC(=O)c1nc(-c2cccc(Cl)c2)n(-c2cc(Cl)ccc2C)c1-c1ccc(F)c(Cl)c1. The molecule has 4 nitrogen and oxygen atoms in total. The fourth-order valence-electron chi connectivity index (χ4n) is 3.55. The predicted molar refractivity (Wildman–Crippen MR) is 130 cm³/mol. The van der Waals surface area contributed by atoms with Gasteiger partial charge in [0.1, 0.15) is 11.6 Å². The second-order valence-corrected chi connectivity index (χ2v) is 8.54. The van der Waals surface area contributed by atoms with Crippen molar-refractivity contribution in [2.45, 2.75) is 13.8 Å². The molecule has 0 bridgehead atoms. The molecule has 0 N–H and O–H groups in total. The van der Waals surface area contributed by atoms with E-state index in [2.05, 4.69) is 4.98 Å². The minimum absolute atomic E-state index is 0.0638. The van der Waals surface area contributed by atoms with Crippen LogP contribution in [0.1, 0.15) is 23.0 Å². The van der Waals surface area contributed by atoms with Crippen LogP contribution in [0.3, 0.4) is 0 Å². The van der Waals surface area contributed by atoms with Crippen LogP contribution >= 0.6 is 34.8 Å². The van der Waals surface area contributed by atoms with Crippen LogP contribution in [0, 0.1) is 12.7 Å². The molecule has 33 heavy (non-hydrogen) atoms. The second kappa shape index (κ2) is 9.56. The first-order valence-corrected chi connectivity index (χ1v) is 11.2. The lowest BCUT2D eigenvalue weighted by Crippen LogP contribution is -2.08. The van der Waals surface area contributed by atoms with Crippen molar-refractivity contribution in [1.29, 1.82) is 0 Å². The lowest BCUT2D eigenvalue weighted by Gasteiger charge is -2.16. The van der Waals surface area contributed by atoms with Crippen LogP contribution in [0.5, 0.6) is 0 Å². The van der Waals surface area contributed by atoms with Crippen LogP contribution in [0.25, 0.3) is 28.3 Å². The number of ether oxygens (including phenoxy) is 1. The van der Waals surface area contributed by atoms with Crippen molar-refractivity contribution in [1.82, 2.24) is 9.55 Å². The quantitative estimate of drug-likeness (QED) is 0.261. The maximum absolute atomic E-state index is 14.0. The zero-order chi connectivity index (χ0) is 23.7. The van der Waals surface area contributed by atoms with Gasteiger partial charge in [0.2, 0.25) is 0 Å². The first kappa shape index (κ1) is 23.3. The minimum Gasteiger partial charge on any atom is -0.461 e. The summed E-state index contributed by atoms with van der Waals surface area (Å²) in [6.45, 7) is 3.79. The van der Waals surface area contributed by atoms with Crippen molar-refractivity contribution in [2.24, 2.45) is 0 Å². The molecule has 8 heteroatoms. The van der Waals surface area contributed by atoms with Crippen molar-refractivity contribution in [2.75, 3.05) is 6.61 Å². The minimum atomic E-state index is -0.616. The Kier molecular flexibility index (Phi) is 6.75. The molecule has 0 spiro atoms. The molecule has 0 unspecified atom stereocenters. The first-order valence-electron chi connectivity index (χ1n) is 10.1. The molecule has 0 radical (unpaired) electrons. The smallest absolute Gasteiger partial charge is 0.359 e. The van der Waals surface area contributed by atoms with Crippen molar-refractivity contribution in [3.63, 3.8) is 0 Å². The number of carbonyl (C=O) groups excluding carboxylic acids is 1. The summed E-state index contributed by atoms with van der Waals surface area (Å²) in [4.78, 5) is 17.6. The van der Waals surface area contributed by atoms with E-state index in [1.165, 1.54) is 12.1 Å². The average Bonchev–Trinajstić information content (AvgIpc) is 3.18. The summed E-state index contributed by atoms with van der Waals surface area (Å²) in [5.74, 6) is -0.741. The van der Waals surface area contributed by atoms with Gasteiger partial charge in [0.25, 0.3) is 0 Å². The van der Waals surface area contributed by atoms with E-state index in [0.29, 0.717) is 38.4 Å². The number of benzene rings is 3. The maximum Gasteiger partial charge on any atom is 0.359 e. The highest BCUT2D eigenvalue weighted by molar-refractivity contribution is 6.31. The molecule has 1 aromatic heterocycles. The molecule has 4 aromatic rings. The lowest BCUT2D eigenvalue weighted by atomic mass is 10.1. The number of hydrogen-bond donors (Lipinski definition) is 0. The van der Waals surface area contributed by atoms with Gasteiger partial charge in [-0.3, -0.25) is 4.57 Å². The number of hydrogen-bond acceptors (Lipinski definition) is 3. The van der Waals surface area contributed by atoms with E-state index in [4.69, 9.17) is 39.5 Å². The number of rotatable bonds is 5. The van der Waals surface area contributed by atoms with Gasteiger partial charge in [0, 0.05) is 21.2 Å². The maximum atomic E-state index is 14.0. The predicted octanol–water partition coefficient (Wildman–Crippen LogP) is 7.79. The topological polar surface area (TPSA) is 44.1 Å². The molecule has 0 saturated carbocycles. The van der Waals surface area contributed by atoms with E-state index in [-0.39, 0.29) is 17.3 Å². The van der Waals surface area contributed by atoms with Crippen LogP contribution in [0.2, 0.25) is 15.1 Å². The van der Waals surface area contributed by atoms with E-state index in [9.17, 15) is 9.18 Å². The first-order chi connectivity index (χ1) is 15.8. The van der Waals surface area contributed by atoms with E-state index < -0.39 is 11.8 Å². The lowest BCUT2D eigenvalue weighted by molar-refractivity contribution is 0.0521. The third-order valence-corrected chi connectivity index (χ3v) is 5.79. The molecule has 3 aromatic carbocycles. The van der Waals surface area contributed by atoms with Crippen molar-refractivity contribution in [3.8, 4) is 28.3 Å². The highest BCUT2D eigenvalue weighted by Gasteiger charge is 2.27. The number of aryl methyl sites for hydroxylation is 1. The third kappa shape index (κ3) is 4.62. The van der Waals surface area contributed by atoms with E-state index in [1.807, 2.05) is 19.1 Å².